The van der Waals surface area contributed by atoms with Crippen molar-refractivity contribution in [1.29, 1.82) is 0 Å². The number of hydrogen-bond acceptors (Lipinski definition) is 5. The summed E-state index contributed by atoms with van der Waals surface area (Å²) in [6, 6.07) is 14.6. The minimum absolute atomic E-state index is 0.275. The first-order valence-corrected chi connectivity index (χ1v) is 9.47. The third kappa shape index (κ3) is 4.25. The van der Waals surface area contributed by atoms with E-state index in [2.05, 4.69) is 0 Å². The third-order valence-corrected chi connectivity index (χ3v) is 5.77. The summed E-state index contributed by atoms with van der Waals surface area (Å²) >= 11 is 0. The molecule has 0 fully saturated rings. The molecule has 0 spiro atoms. The summed E-state index contributed by atoms with van der Waals surface area (Å²) in [6.07, 6.45) is 0. The van der Waals surface area contributed by atoms with Crippen LogP contribution in [0.1, 0.15) is 31.0 Å². The van der Waals surface area contributed by atoms with E-state index in [1.807, 2.05) is 36.4 Å². The van der Waals surface area contributed by atoms with Crippen LogP contribution < -0.4 is 15.8 Å². The van der Waals surface area contributed by atoms with Gasteiger partial charge in [0.1, 0.15) is 5.75 Å². The van der Waals surface area contributed by atoms with Gasteiger partial charge in [-0.3, -0.25) is 4.57 Å². The maximum atomic E-state index is 12.7. The molecule has 1 atom stereocenters. The van der Waals surface area contributed by atoms with Gasteiger partial charge in [-0.2, -0.15) is 0 Å². The van der Waals surface area contributed by atoms with Gasteiger partial charge in [-0.05, 0) is 49.2 Å². The first-order chi connectivity index (χ1) is 11.5. The van der Waals surface area contributed by atoms with Crippen LogP contribution in [0.25, 0.3) is 0 Å². The van der Waals surface area contributed by atoms with Gasteiger partial charge in [-0.15, -0.1) is 0 Å². The molecule has 24 heavy (non-hydrogen) atoms. The lowest BCUT2D eigenvalue weighted by molar-refractivity contribution is 0.230. The molecule has 0 amide bonds. The largest absolute Gasteiger partial charge is 0.497 e. The maximum absolute atomic E-state index is 12.7. The van der Waals surface area contributed by atoms with Gasteiger partial charge in [0.05, 0.1) is 31.7 Å². The highest BCUT2D eigenvalue weighted by Crippen LogP contribution is 2.46. The number of nitrogens with two attached hydrogens (primary N) is 1. The molecule has 2 aromatic rings. The predicted molar refractivity (Wildman–Crippen MR) is 96.0 cm³/mol. The Hall–Kier alpha value is -1.65. The van der Waals surface area contributed by atoms with Crippen molar-refractivity contribution >= 4 is 12.9 Å². The van der Waals surface area contributed by atoms with Gasteiger partial charge >= 0.3 is 7.60 Å². The second-order valence-electron chi connectivity index (χ2n) is 5.18. The van der Waals surface area contributed by atoms with E-state index >= 15 is 0 Å². The van der Waals surface area contributed by atoms with Crippen LogP contribution in [-0.2, 0) is 13.6 Å². The van der Waals surface area contributed by atoms with Crippen molar-refractivity contribution in [2.24, 2.45) is 5.73 Å². The molecule has 6 heteroatoms. The normalized spacial score (nSPS) is 12.8. The Balaban J connectivity index is 2.22. The molecule has 0 saturated heterocycles. The molecule has 2 N–H and O–H groups in total. The summed E-state index contributed by atoms with van der Waals surface area (Å²) in [5.74, 6) is 0.788. The lowest BCUT2D eigenvalue weighted by Gasteiger charge is -2.18. The predicted octanol–water partition coefficient (Wildman–Crippen LogP) is 3.63. The molecular formula is C18H24NO4P. The fraction of sp³-hybridized carbons (Fsp3) is 0.333. The molecule has 0 aliphatic rings. The molecule has 1 unspecified atom stereocenters. The molecule has 0 aromatic heterocycles. The highest BCUT2D eigenvalue weighted by Gasteiger charge is 2.26. The van der Waals surface area contributed by atoms with E-state index in [4.69, 9.17) is 19.5 Å². The van der Waals surface area contributed by atoms with E-state index in [-0.39, 0.29) is 6.04 Å². The topological polar surface area (TPSA) is 70.8 Å². The van der Waals surface area contributed by atoms with Crippen molar-refractivity contribution in [3.63, 3.8) is 0 Å². The zero-order valence-corrected chi connectivity index (χ0v) is 15.2. The summed E-state index contributed by atoms with van der Waals surface area (Å²) in [7, 11) is -1.63. The first-order valence-electron chi connectivity index (χ1n) is 7.93. The summed E-state index contributed by atoms with van der Waals surface area (Å²) in [6.45, 7) is 4.23. The molecule has 2 aromatic carbocycles. The lowest BCUT2D eigenvalue weighted by atomic mass is 10.00. The third-order valence-electron chi connectivity index (χ3n) is 3.64. The van der Waals surface area contributed by atoms with Crippen LogP contribution in [0.3, 0.4) is 0 Å². The molecule has 0 bridgehead atoms. The number of rotatable bonds is 8. The molecule has 0 aliphatic carbocycles. The van der Waals surface area contributed by atoms with Crippen LogP contribution >= 0.6 is 7.60 Å². The van der Waals surface area contributed by atoms with Gasteiger partial charge in [0.25, 0.3) is 0 Å². The minimum atomic E-state index is -3.26. The molecule has 0 saturated carbocycles. The Bertz CT molecular complexity index is 675. The highest BCUT2D eigenvalue weighted by molar-refractivity contribution is 7.62. The van der Waals surface area contributed by atoms with Crippen molar-refractivity contribution in [2.75, 3.05) is 20.3 Å². The van der Waals surface area contributed by atoms with Gasteiger partial charge in [0, 0.05) is 0 Å². The van der Waals surface area contributed by atoms with Crippen molar-refractivity contribution in [2.45, 2.75) is 19.9 Å². The van der Waals surface area contributed by atoms with E-state index in [1.165, 1.54) is 0 Å². The van der Waals surface area contributed by atoms with Crippen molar-refractivity contribution in [1.82, 2.24) is 0 Å². The van der Waals surface area contributed by atoms with Gasteiger partial charge in [-0.1, -0.05) is 24.3 Å². The Morgan fingerprint density at radius 2 is 1.38 bits per heavy atom. The second-order valence-corrected chi connectivity index (χ2v) is 7.20. The van der Waals surface area contributed by atoms with E-state index in [0.29, 0.717) is 18.5 Å². The van der Waals surface area contributed by atoms with Gasteiger partial charge in [0.15, 0.2) is 0 Å². The van der Waals surface area contributed by atoms with E-state index in [0.717, 1.165) is 16.9 Å². The Kier molecular flexibility index (Phi) is 6.58. The van der Waals surface area contributed by atoms with Crippen LogP contribution in [0.2, 0.25) is 0 Å². The standard InChI is InChI=1S/C18H24NO4P/c1-4-22-24(20,23-5-2)17-12-8-15(9-13-17)18(19)14-6-10-16(21-3)11-7-14/h6-13,18H,4-5,19H2,1-3H3. The van der Waals surface area contributed by atoms with Crippen LogP contribution in [-0.4, -0.2) is 20.3 Å². The van der Waals surface area contributed by atoms with E-state index in [9.17, 15) is 4.57 Å². The SMILES string of the molecule is CCOP(=O)(OCC)c1ccc(C(N)c2ccc(OC)cc2)cc1. The highest BCUT2D eigenvalue weighted by atomic mass is 31.2. The van der Waals surface area contributed by atoms with Gasteiger partial charge < -0.3 is 19.5 Å². The van der Waals surface area contributed by atoms with Crippen LogP contribution in [0.4, 0.5) is 0 Å². The number of hydrogen-bond donors (Lipinski definition) is 1. The number of ether oxygens (including phenoxy) is 1. The summed E-state index contributed by atoms with van der Waals surface area (Å²) in [4.78, 5) is 0. The van der Waals surface area contributed by atoms with Crippen LogP contribution in [0, 0.1) is 0 Å². The number of benzene rings is 2. The van der Waals surface area contributed by atoms with Crippen LogP contribution in [0.5, 0.6) is 5.75 Å². The average Bonchev–Trinajstić information content (AvgIpc) is 2.62. The Labute approximate surface area is 143 Å². The van der Waals surface area contributed by atoms with Crippen molar-refractivity contribution in [3.05, 3.63) is 59.7 Å². The smallest absolute Gasteiger partial charge is 0.361 e. The molecule has 0 heterocycles. The van der Waals surface area contributed by atoms with Gasteiger partial charge in [-0.25, -0.2) is 0 Å². The minimum Gasteiger partial charge on any atom is -0.497 e. The lowest BCUT2D eigenvalue weighted by Crippen LogP contribution is -2.15. The zero-order valence-electron chi connectivity index (χ0n) is 14.3. The van der Waals surface area contributed by atoms with E-state index in [1.54, 1.807) is 33.1 Å². The molecule has 5 nitrogen and oxygen atoms in total. The average molecular weight is 349 g/mol. The molecule has 2 rings (SSSR count). The van der Waals surface area contributed by atoms with Crippen LogP contribution in [0.15, 0.2) is 48.5 Å². The zero-order chi connectivity index (χ0) is 17.6. The molecule has 0 radical (unpaired) electrons. The fourth-order valence-electron chi connectivity index (χ4n) is 2.39. The monoisotopic (exact) mass is 349 g/mol. The quantitative estimate of drug-likeness (QED) is 0.737. The van der Waals surface area contributed by atoms with E-state index < -0.39 is 7.60 Å². The summed E-state index contributed by atoms with van der Waals surface area (Å²) < 4.78 is 28.6. The fourth-order valence-corrected chi connectivity index (χ4v) is 3.96. The Morgan fingerprint density at radius 3 is 1.79 bits per heavy atom. The Morgan fingerprint density at radius 1 is 0.917 bits per heavy atom. The second kappa shape index (κ2) is 8.45. The summed E-state index contributed by atoms with van der Waals surface area (Å²) in [5.41, 5.74) is 8.21. The molecular weight excluding hydrogens is 325 g/mol. The first kappa shape index (κ1) is 18.7. The number of methoxy groups -OCH3 is 1. The van der Waals surface area contributed by atoms with Crippen molar-refractivity contribution < 1.29 is 18.3 Å². The molecule has 130 valence electrons. The molecule has 0 aliphatic heterocycles. The maximum Gasteiger partial charge on any atom is 0.361 e. The summed E-state index contributed by atoms with van der Waals surface area (Å²) in [5, 5.41) is 0.539. The van der Waals surface area contributed by atoms with Gasteiger partial charge in [0.2, 0.25) is 0 Å². The van der Waals surface area contributed by atoms with Crippen molar-refractivity contribution in [3.8, 4) is 5.75 Å².